The second-order valence-corrected chi connectivity index (χ2v) is 17.5. The lowest BCUT2D eigenvalue weighted by molar-refractivity contribution is -0.127. The first-order chi connectivity index (χ1) is 31.3. The average Bonchev–Trinajstić information content (AvgIpc) is 3.93. The SMILES string of the molecule is CC(CCC(=O)NC=O)N(C)C(=O)c1c(C=O)cccc1NNCCOCC(C)(C)CNCc1ccnc2c(NC(=O)c3ccc(N(C)C(=O)[C@@H]4[C@H](C=O)[C@@H]5C=C[C@H]4C5)cc3)cccc12. The van der Waals surface area contributed by atoms with E-state index in [2.05, 4.69) is 51.7 Å². The minimum absolute atomic E-state index is 0.0635. The number of hydrazine groups is 1. The molecule has 16 nitrogen and oxygen atoms in total. The predicted molar refractivity (Wildman–Crippen MR) is 248 cm³/mol. The summed E-state index contributed by atoms with van der Waals surface area (Å²) < 4.78 is 6.01. The van der Waals surface area contributed by atoms with Crippen LogP contribution in [-0.2, 0) is 30.5 Å². The van der Waals surface area contributed by atoms with Gasteiger partial charge in [0.2, 0.25) is 18.2 Å². The molecule has 0 spiro atoms. The normalized spacial score (nSPS) is 17.9. The Morgan fingerprint density at radius 1 is 0.938 bits per heavy atom. The number of pyridine rings is 1. The van der Waals surface area contributed by atoms with Crippen LogP contribution in [0.4, 0.5) is 17.1 Å². The summed E-state index contributed by atoms with van der Waals surface area (Å²) in [6.07, 6.45) is 8.92. The molecule has 2 aliphatic rings. The number of rotatable bonds is 23. The minimum Gasteiger partial charge on any atom is -0.379 e. The summed E-state index contributed by atoms with van der Waals surface area (Å²) >= 11 is 0. The molecule has 6 rings (SSSR count). The molecule has 1 heterocycles. The molecule has 2 bridgehead atoms. The number of amides is 5. The Balaban J connectivity index is 0.956. The van der Waals surface area contributed by atoms with Gasteiger partial charge in [0.15, 0.2) is 6.29 Å². The first kappa shape index (κ1) is 47.8. The maximum Gasteiger partial charge on any atom is 0.256 e. The zero-order chi connectivity index (χ0) is 46.7. The van der Waals surface area contributed by atoms with Crippen LogP contribution in [0.15, 0.2) is 85.1 Å². The number of hydrogen-bond donors (Lipinski definition) is 5. The Morgan fingerprint density at radius 3 is 2.42 bits per heavy atom. The van der Waals surface area contributed by atoms with Gasteiger partial charge in [-0.2, -0.15) is 0 Å². The predicted octanol–water partition coefficient (Wildman–Crippen LogP) is 5.16. The van der Waals surface area contributed by atoms with E-state index in [1.165, 1.54) is 4.90 Å². The number of nitrogens with one attached hydrogen (secondary N) is 5. The summed E-state index contributed by atoms with van der Waals surface area (Å²) in [5.74, 6) is -1.70. The van der Waals surface area contributed by atoms with E-state index in [4.69, 9.17) is 4.74 Å². The summed E-state index contributed by atoms with van der Waals surface area (Å²) in [5, 5.41) is 9.54. The fourth-order valence-corrected chi connectivity index (χ4v) is 8.54. The number of allylic oxidation sites excluding steroid dienone is 2. The number of benzene rings is 3. The summed E-state index contributed by atoms with van der Waals surface area (Å²) in [6.45, 7) is 8.39. The topological polar surface area (TPSA) is 208 Å². The van der Waals surface area contributed by atoms with Crippen molar-refractivity contribution >= 4 is 70.6 Å². The number of fused-ring (bicyclic) bond motifs is 3. The highest BCUT2D eigenvalue weighted by Gasteiger charge is 2.49. The van der Waals surface area contributed by atoms with Gasteiger partial charge in [0.25, 0.3) is 11.8 Å². The van der Waals surface area contributed by atoms with Crippen molar-refractivity contribution in [3.63, 3.8) is 0 Å². The van der Waals surface area contributed by atoms with E-state index in [0.717, 1.165) is 23.7 Å². The Morgan fingerprint density at radius 2 is 1.68 bits per heavy atom. The smallest absolute Gasteiger partial charge is 0.256 e. The Bertz CT molecular complexity index is 2420. The maximum atomic E-state index is 13.5. The number of carbonyl (C=O) groups is 7. The van der Waals surface area contributed by atoms with Crippen molar-refractivity contribution in [3.05, 3.63) is 107 Å². The van der Waals surface area contributed by atoms with Gasteiger partial charge in [0.1, 0.15) is 6.29 Å². The van der Waals surface area contributed by atoms with Crippen molar-refractivity contribution < 1.29 is 38.3 Å². The van der Waals surface area contributed by atoms with Crippen LogP contribution in [0, 0.1) is 29.1 Å². The van der Waals surface area contributed by atoms with E-state index in [9.17, 15) is 33.6 Å². The first-order valence-corrected chi connectivity index (χ1v) is 21.8. The molecule has 65 heavy (non-hydrogen) atoms. The molecule has 1 saturated carbocycles. The maximum absolute atomic E-state index is 13.5. The molecule has 4 aromatic rings. The summed E-state index contributed by atoms with van der Waals surface area (Å²) in [7, 11) is 3.31. The summed E-state index contributed by atoms with van der Waals surface area (Å²) in [5.41, 5.74) is 10.0. The highest BCUT2D eigenvalue weighted by Crippen LogP contribution is 2.48. The number of carbonyl (C=O) groups excluding carboxylic acids is 7. The van der Waals surface area contributed by atoms with Crippen LogP contribution in [0.5, 0.6) is 0 Å². The number of anilines is 3. The molecule has 16 heteroatoms. The molecule has 5 N–H and O–H groups in total. The van der Waals surface area contributed by atoms with Crippen LogP contribution >= 0.6 is 0 Å². The lowest BCUT2D eigenvalue weighted by atomic mass is 9.83. The zero-order valence-corrected chi connectivity index (χ0v) is 37.5. The third-order valence-electron chi connectivity index (χ3n) is 12.4. The van der Waals surface area contributed by atoms with E-state index in [0.29, 0.717) is 80.1 Å². The number of imide groups is 1. The van der Waals surface area contributed by atoms with Crippen LogP contribution in [0.3, 0.4) is 0 Å². The van der Waals surface area contributed by atoms with Crippen LogP contribution < -0.4 is 31.7 Å². The molecule has 0 saturated heterocycles. The minimum atomic E-state index is -0.435. The zero-order valence-electron chi connectivity index (χ0n) is 37.5. The Labute approximate surface area is 378 Å². The van der Waals surface area contributed by atoms with E-state index in [1.807, 2.05) is 30.3 Å². The number of para-hydroxylation sites is 1. The highest BCUT2D eigenvalue weighted by molar-refractivity contribution is 6.09. The van der Waals surface area contributed by atoms with Gasteiger partial charge in [0, 0.05) is 85.9 Å². The van der Waals surface area contributed by atoms with E-state index >= 15 is 0 Å². The molecule has 2 aliphatic carbocycles. The van der Waals surface area contributed by atoms with Crippen molar-refractivity contribution in [2.24, 2.45) is 29.1 Å². The molecule has 1 aromatic heterocycles. The number of ether oxygens (including phenoxy) is 1. The van der Waals surface area contributed by atoms with Gasteiger partial charge >= 0.3 is 0 Å². The van der Waals surface area contributed by atoms with Crippen molar-refractivity contribution in [1.29, 1.82) is 0 Å². The first-order valence-electron chi connectivity index (χ1n) is 21.8. The molecule has 1 unspecified atom stereocenters. The summed E-state index contributed by atoms with van der Waals surface area (Å²) in [6, 6.07) is 19.1. The molecule has 1 fully saturated rings. The van der Waals surface area contributed by atoms with Gasteiger partial charge in [-0.3, -0.25) is 39.1 Å². The van der Waals surface area contributed by atoms with Gasteiger partial charge in [0.05, 0.1) is 41.6 Å². The second kappa shape index (κ2) is 21.8. The molecule has 3 aromatic carbocycles. The number of nitrogens with zero attached hydrogens (tertiary/aromatic N) is 3. The summed E-state index contributed by atoms with van der Waals surface area (Å²) in [4.78, 5) is 94.0. The molecule has 342 valence electrons. The fourth-order valence-electron chi connectivity index (χ4n) is 8.54. The monoisotopic (exact) mass is 886 g/mol. The van der Waals surface area contributed by atoms with Gasteiger partial charge in [-0.1, -0.05) is 50.3 Å². The lowest BCUT2D eigenvalue weighted by Crippen LogP contribution is -2.39. The van der Waals surface area contributed by atoms with Crippen LogP contribution in [-0.4, -0.2) is 98.9 Å². The molecular weight excluding hydrogens is 829 g/mol. The van der Waals surface area contributed by atoms with Crippen LogP contribution in [0.25, 0.3) is 10.9 Å². The van der Waals surface area contributed by atoms with Crippen molar-refractivity contribution in [2.45, 2.75) is 52.6 Å². The van der Waals surface area contributed by atoms with Crippen molar-refractivity contribution in [2.75, 3.05) is 56.0 Å². The van der Waals surface area contributed by atoms with Gasteiger partial charge in [-0.15, -0.1) is 0 Å². The van der Waals surface area contributed by atoms with Gasteiger partial charge in [-0.05, 0) is 79.6 Å². The highest BCUT2D eigenvalue weighted by atomic mass is 16.5. The second-order valence-electron chi connectivity index (χ2n) is 17.5. The third-order valence-corrected chi connectivity index (χ3v) is 12.4. The van der Waals surface area contributed by atoms with Gasteiger partial charge in [-0.25, -0.2) is 5.43 Å². The number of aromatic nitrogens is 1. The van der Waals surface area contributed by atoms with Crippen LogP contribution in [0.2, 0.25) is 0 Å². The largest absolute Gasteiger partial charge is 0.379 e. The van der Waals surface area contributed by atoms with E-state index in [1.54, 1.807) is 74.6 Å². The molecule has 5 amide bonds. The van der Waals surface area contributed by atoms with Crippen molar-refractivity contribution in [1.82, 2.24) is 25.9 Å². The average molecular weight is 887 g/mol. The van der Waals surface area contributed by atoms with Crippen molar-refractivity contribution in [3.8, 4) is 0 Å². The fraction of sp³-hybridized carbons (Fsp3) is 0.388. The molecule has 0 radical (unpaired) electrons. The Kier molecular flexibility index (Phi) is 16.1. The van der Waals surface area contributed by atoms with E-state index in [-0.39, 0.29) is 64.5 Å². The van der Waals surface area contributed by atoms with Gasteiger partial charge < -0.3 is 35.4 Å². The standard InChI is InChI=1S/C49H58N8O8/c1-31(12-19-42(61)52-30-60)56(4)48(64)44-36(26-58)8-6-10-40(44)55-53-22-23-65-29-49(2,3)28-50-25-35-20-21-51-45-38(35)9-7-11-41(45)54-46(62)32-15-17-37(18-16-32)57(5)47(63)43-34-14-13-33(24-34)39(43)27-59/h6-11,13-18,20-21,26-27,30-31,33-34,39,43,50,53,55H,12,19,22-25,28-29H2,1-5H3,(H,54,62)(H,52,60,61)/t31?,33-,34+,39-,43+/m1/s1. The number of aldehydes is 2. The van der Waals surface area contributed by atoms with Crippen LogP contribution in [0.1, 0.15) is 76.7 Å². The number of hydrogen-bond acceptors (Lipinski definition) is 12. The molecule has 0 aliphatic heterocycles. The molecule has 5 atom stereocenters. The third kappa shape index (κ3) is 11.6. The van der Waals surface area contributed by atoms with E-state index < -0.39 is 11.8 Å². The lowest BCUT2D eigenvalue weighted by Gasteiger charge is -2.28. The Hall–Kier alpha value is -6.62. The quantitative estimate of drug-likeness (QED) is 0.0283. The molecular formula is C49H58N8O8.